The molecule has 3 heterocycles. The van der Waals surface area contributed by atoms with Gasteiger partial charge in [0.2, 0.25) is 0 Å². The van der Waals surface area contributed by atoms with Crippen LogP contribution in [0.15, 0.2) is 115 Å². The molecule has 0 saturated heterocycles. The number of aromatic nitrogens is 1. The van der Waals surface area contributed by atoms with Crippen LogP contribution in [0.3, 0.4) is 0 Å². The van der Waals surface area contributed by atoms with Gasteiger partial charge in [-0.25, -0.2) is 4.99 Å². The fourth-order valence-electron chi connectivity index (χ4n) is 5.55. The van der Waals surface area contributed by atoms with Crippen LogP contribution in [-0.4, -0.2) is 18.8 Å². The standard InChI is InChI=1S/C33H26N2O4S2/c1-37-26-16-13-21(18-27(26)38-2)31-25-15-12-20-8-6-7-11-24(20)30(25)34-33-35(31)32(36)28(41-33)19-22-14-17-29(39-22)40-23-9-4-3-5-10-23/h3-11,13-14,16-19,31H,12,15H2,1-2H3/t31-/m0/s1. The van der Waals surface area contributed by atoms with Crippen LogP contribution in [0.1, 0.15) is 34.9 Å². The van der Waals surface area contributed by atoms with Crippen LogP contribution < -0.4 is 24.4 Å². The van der Waals surface area contributed by atoms with E-state index >= 15 is 0 Å². The highest BCUT2D eigenvalue weighted by Crippen LogP contribution is 2.42. The highest BCUT2D eigenvalue weighted by atomic mass is 32.2. The van der Waals surface area contributed by atoms with E-state index in [2.05, 4.69) is 18.2 Å². The van der Waals surface area contributed by atoms with Crippen LogP contribution in [0.5, 0.6) is 11.5 Å². The van der Waals surface area contributed by atoms with E-state index in [0.717, 1.165) is 45.2 Å². The number of fused-ring (bicyclic) bond motifs is 3. The van der Waals surface area contributed by atoms with E-state index in [1.165, 1.54) is 16.9 Å². The Hall–Kier alpha value is -4.27. The van der Waals surface area contributed by atoms with Gasteiger partial charge in [0.1, 0.15) is 5.76 Å². The smallest absolute Gasteiger partial charge is 0.271 e. The highest BCUT2D eigenvalue weighted by Gasteiger charge is 2.33. The number of hydrogen-bond acceptors (Lipinski definition) is 7. The third-order valence-corrected chi connectivity index (χ3v) is 9.34. The minimum absolute atomic E-state index is 0.0902. The van der Waals surface area contributed by atoms with Crippen LogP contribution in [-0.2, 0) is 6.42 Å². The fourth-order valence-corrected chi connectivity index (χ4v) is 7.33. The molecule has 0 radical (unpaired) electrons. The molecule has 0 spiro atoms. The third kappa shape index (κ3) is 4.63. The Bertz CT molecular complexity index is 1990. The van der Waals surface area contributed by atoms with Gasteiger partial charge in [-0.1, -0.05) is 71.6 Å². The Balaban J connectivity index is 1.37. The van der Waals surface area contributed by atoms with E-state index in [4.69, 9.17) is 18.9 Å². The summed E-state index contributed by atoms with van der Waals surface area (Å²) in [6.07, 6.45) is 3.53. The summed E-state index contributed by atoms with van der Waals surface area (Å²) in [7, 11) is 3.25. The molecule has 8 heteroatoms. The maximum atomic E-state index is 14.1. The lowest BCUT2D eigenvalue weighted by Crippen LogP contribution is -2.38. The van der Waals surface area contributed by atoms with Crippen molar-refractivity contribution in [3.05, 3.63) is 133 Å². The minimum Gasteiger partial charge on any atom is -0.493 e. The van der Waals surface area contributed by atoms with Crippen molar-refractivity contribution in [3.8, 4) is 11.5 Å². The zero-order valence-electron chi connectivity index (χ0n) is 22.5. The van der Waals surface area contributed by atoms with Gasteiger partial charge >= 0.3 is 0 Å². The lowest BCUT2D eigenvalue weighted by atomic mass is 9.83. The molecule has 0 fully saturated rings. The molecule has 2 aliphatic rings. The Kier molecular flexibility index (Phi) is 6.65. The molecule has 204 valence electrons. The summed E-state index contributed by atoms with van der Waals surface area (Å²) in [5, 5.41) is 0.769. The van der Waals surface area contributed by atoms with Gasteiger partial charge in [0.05, 0.1) is 30.5 Å². The molecular weight excluding hydrogens is 553 g/mol. The van der Waals surface area contributed by atoms with E-state index in [1.54, 1.807) is 26.0 Å². The number of ether oxygens (including phenoxy) is 2. The van der Waals surface area contributed by atoms with E-state index in [0.29, 0.717) is 26.6 Å². The molecular formula is C33H26N2O4S2. The molecule has 6 nitrogen and oxygen atoms in total. The number of methoxy groups -OCH3 is 2. The van der Waals surface area contributed by atoms with Crippen LogP contribution >= 0.6 is 23.1 Å². The first kappa shape index (κ1) is 25.7. The first-order chi connectivity index (χ1) is 20.1. The predicted octanol–water partition coefficient (Wildman–Crippen LogP) is 6.08. The molecule has 0 amide bonds. The van der Waals surface area contributed by atoms with E-state index in [9.17, 15) is 4.79 Å². The summed E-state index contributed by atoms with van der Waals surface area (Å²) in [4.78, 5) is 20.9. The predicted molar refractivity (Wildman–Crippen MR) is 162 cm³/mol. The number of furan rings is 1. The Morgan fingerprint density at radius 1 is 0.951 bits per heavy atom. The molecule has 1 atom stereocenters. The molecule has 1 aliphatic carbocycles. The number of benzene rings is 3. The molecule has 0 saturated carbocycles. The fraction of sp³-hybridized carbons (Fsp3) is 0.152. The second kappa shape index (κ2) is 10.6. The highest BCUT2D eigenvalue weighted by molar-refractivity contribution is 7.99. The second-order valence-corrected chi connectivity index (χ2v) is 11.9. The molecule has 0 N–H and O–H groups in total. The topological polar surface area (TPSA) is 66.0 Å². The monoisotopic (exact) mass is 578 g/mol. The van der Waals surface area contributed by atoms with Gasteiger partial charge in [0.15, 0.2) is 21.4 Å². The number of allylic oxidation sites excluding steroid dienone is 1. The van der Waals surface area contributed by atoms with Crippen LogP contribution in [0.25, 0.3) is 11.8 Å². The van der Waals surface area contributed by atoms with Crippen molar-refractivity contribution < 1.29 is 13.9 Å². The summed E-state index contributed by atoms with van der Waals surface area (Å²) < 4.78 is 19.6. The van der Waals surface area contributed by atoms with Gasteiger partial charge in [-0.15, -0.1) is 0 Å². The normalized spacial score (nSPS) is 16.0. The van der Waals surface area contributed by atoms with Crippen LogP contribution in [0.2, 0.25) is 0 Å². The molecule has 5 aromatic rings. The Morgan fingerprint density at radius 2 is 1.76 bits per heavy atom. The van der Waals surface area contributed by atoms with Gasteiger partial charge in [0.25, 0.3) is 5.56 Å². The van der Waals surface area contributed by atoms with Crippen molar-refractivity contribution in [2.24, 2.45) is 4.99 Å². The second-order valence-electron chi connectivity index (χ2n) is 9.80. The van der Waals surface area contributed by atoms with Crippen LogP contribution in [0.4, 0.5) is 0 Å². The molecule has 1 aliphatic heterocycles. The molecule has 0 bridgehead atoms. The Labute approximate surface area is 244 Å². The lowest BCUT2D eigenvalue weighted by Gasteiger charge is -2.31. The van der Waals surface area contributed by atoms with Crippen molar-refractivity contribution in [1.82, 2.24) is 4.57 Å². The average molecular weight is 579 g/mol. The summed E-state index contributed by atoms with van der Waals surface area (Å²) >= 11 is 2.94. The number of aryl methyl sites for hydroxylation is 1. The van der Waals surface area contributed by atoms with Crippen molar-refractivity contribution >= 4 is 34.9 Å². The third-order valence-electron chi connectivity index (χ3n) is 7.43. The Morgan fingerprint density at radius 3 is 2.59 bits per heavy atom. The van der Waals surface area contributed by atoms with Crippen molar-refractivity contribution in [3.63, 3.8) is 0 Å². The maximum absolute atomic E-state index is 14.1. The van der Waals surface area contributed by atoms with Gasteiger partial charge in [0, 0.05) is 16.5 Å². The maximum Gasteiger partial charge on any atom is 0.271 e. The zero-order chi connectivity index (χ0) is 27.9. The number of thiazole rings is 1. The lowest BCUT2D eigenvalue weighted by molar-refractivity contribution is 0.354. The molecule has 2 aromatic heterocycles. The molecule has 41 heavy (non-hydrogen) atoms. The van der Waals surface area contributed by atoms with E-state index in [1.807, 2.05) is 77.4 Å². The minimum atomic E-state index is -0.308. The quantitative estimate of drug-likeness (QED) is 0.244. The summed E-state index contributed by atoms with van der Waals surface area (Å²) in [5.74, 6) is 1.90. The summed E-state index contributed by atoms with van der Waals surface area (Å²) in [5.41, 5.74) is 5.36. The molecule has 7 rings (SSSR count). The van der Waals surface area contributed by atoms with Crippen molar-refractivity contribution in [2.45, 2.75) is 28.9 Å². The average Bonchev–Trinajstić information content (AvgIpc) is 3.59. The number of rotatable bonds is 6. The first-order valence-corrected chi connectivity index (χ1v) is 14.9. The summed E-state index contributed by atoms with van der Waals surface area (Å²) in [6, 6.07) is 27.9. The SMILES string of the molecule is COc1ccc([C@H]2C3=C(N=c4sc(=Cc5ccc(Sc6ccccc6)o5)c(=O)n42)c2ccccc2CC3)cc1OC. The zero-order valence-corrected chi connectivity index (χ0v) is 24.1. The number of nitrogens with zero attached hydrogens (tertiary/aromatic N) is 2. The van der Waals surface area contributed by atoms with Crippen LogP contribution in [0, 0.1) is 0 Å². The molecule has 3 aromatic carbocycles. The van der Waals surface area contributed by atoms with Crippen molar-refractivity contribution in [2.75, 3.05) is 14.2 Å². The summed E-state index contributed by atoms with van der Waals surface area (Å²) in [6.45, 7) is 0. The van der Waals surface area contributed by atoms with Gasteiger partial charge < -0.3 is 13.9 Å². The van der Waals surface area contributed by atoms with E-state index < -0.39 is 0 Å². The van der Waals surface area contributed by atoms with Gasteiger partial charge in [-0.3, -0.25) is 9.36 Å². The van der Waals surface area contributed by atoms with E-state index in [-0.39, 0.29) is 11.6 Å². The van der Waals surface area contributed by atoms with Gasteiger partial charge in [-0.2, -0.15) is 0 Å². The largest absolute Gasteiger partial charge is 0.493 e. The molecule has 0 unspecified atom stereocenters. The number of hydrogen-bond donors (Lipinski definition) is 0. The van der Waals surface area contributed by atoms with Gasteiger partial charge in [-0.05, 0) is 65.9 Å². The van der Waals surface area contributed by atoms with Crippen molar-refractivity contribution in [1.29, 1.82) is 0 Å². The first-order valence-electron chi connectivity index (χ1n) is 13.3.